The summed E-state index contributed by atoms with van der Waals surface area (Å²) in [4.78, 5) is 8.76. The van der Waals surface area contributed by atoms with Gasteiger partial charge in [0.05, 0.1) is 11.4 Å². The van der Waals surface area contributed by atoms with Crippen molar-refractivity contribution in [1.29, 1.82) is 0 Å². The molecule has 0 radical (unpaired) electrons. The van der Waals surface area contributed by atoms with Gasteiger partial charge in [-0.25, -0.2) is 4.39 Å². The predicted octanol–water partition coefficient (Wildman–Crippen LogP) is 3.93. The van der Waals surface area contributed by atoms with E-state index in [9.17, 15) is 9.50 Å². The molecule has 1 fully saturated rings. The number of nitrogens with zero attached hydrogens (tertiary/aromatic N) is 3. The van der Waals surface area contributed by atoms with E-state index in [1.165, 1.54) is 11.6 Å². The van der Waals surface area contributed by atoms with E-state index in [1.807, 2.05) is 30.0 Å². The van der Waals surface area contributed by atoms with Crippen LogP contribution in [0.15, 0.2) is 66.9 Å². The van der Waals surface area contributed by atoms with Crippen LogP contribution in [0.4, 0.5) is 10.1 Å². The number of aliphatic hydroxyl groups excluding tert-OH is 1. The topological polar surface area (TPSA) is 39.6 Å². The monoisotopic (exact) mass is 391 g/mol. The van der Waals surface area contributed by atoms with Crippen LogP contribution < -0.4 is 4.90 Å². The number of aromatic nitrogens is 1. The Bertz CT molecular complexity index is 955. The Kier molecular flexibility index (Phi) is 5.88. The van der Waals surface area contributed by atoms with Gasteiger partial charge >= 0.3 is 0 Å². The fourth-order valence-corrected chi connectivity index (χ4v) is 3.99. The normalized spacial score (nSPS) is 16.0. The molecule has 1 saturated heterocycles. The number of halogens is 1. The lowest BCUT2D eigenvalue weighted by molar-refractivity contribution is 0.213. The van der Waals surface area contributed by atoms with E-state index < -0.39 is 6.10 Å². The van der Waals surface area contributed by atoms with Crippen molar-refractivity contribution in [3.05, 3.63) is 95.1 Å². The summed E-state index contributed by atoms with van der Waals surface area (Å²) in [6, 6.07) is 19.1. The van der Waals surface area contributed by atoms with Gasteiger partial charge in [-0.2, -0.15) is 0 Å². The largest absolute Gasteiger partial charge is 0.382 e. The third-order valence-electron chi connectivity index (χ3n) is 5.56. The maximum atomic E-state index is 14.9. The average molecular weight is 391 g/mol. The third-order valence-corrected chi connectivity index (χ3v) is 5.56. The molecule has 0 saturated carbocycles. The first-order chi connectivity index (χ1) is 14.1. The van der Waals surface area contributed by atoms with Crippen molar-refractivity contribution >= 4 is 5.69 Å². The first-order valence-corrected chi connectivity index (χ1v) is 10.0. The molecule has 0 bridgehead atoms. The highest BCUT2D eigenvalue weighted by Crippen LogP contribution is 2.34. The summed E-state index contributed by atoms with van der Waals surface area (Å²) in [5.74, 6) is -0.299. The molecule has 2 heterocycles. The Morgan fingerprint density at radius 1 is 0.966 bits per heavy atom. The molecule has 0 amide bonds. The molecule has 1 aliphatic heterocycles. The van der Waals surface area contributed by atoms with Crippen LogP contribution in [0, 0.1) is 12.7 Å². The highest BCUT2D eigenvalue weighted by Gasteiger charge is 2.26. The summed E-state index contributed by atoms with van der Waals surface area (Å²) >= 11 is 0. The molecule has 1 atom stereocenters. The van der Waals surface area contributed by atoms with Crippen LogP contribution in [0.5, 0.6) is 0 Å². The van der Waals surface area contributed by atoms with Crippen LogP contribution in [0.3, 0.4) is 0 Å². The van der Waals surface area contributed by atoms with E-state index in [0.29, 0.717) is 30.0 Å². The summed E-state index contributed by atoms with van der Waals surface area (Å²) < 4.78 is 14.9. The van der Waals surface area contributed by atoms with Gasteiger partial charge in [0.2, 0.25) is 0 Å². The van der Waals surface area contributed by atoms with Gasteiger partial charge in [0.15, 0.2) is 0 Å². The minimum atomic E-state index is -0.954. The van der Waals surface area contributed by atoms with Gasteiger partial charge in [0, 0.05) is 44.5 Å². The van der Waals surface area contributed by atoms with Crippen molar-refractivity contribution in [2.75, 3.05) is 31.1 Å². The lowest BCUT2D eigenvalue weighted by Crippen LogP contribution is -2.46. The maximum absolute atomic E-state index is 14.9. The maximum Gasteiger partial charge on any atom is 0.146 e. The number of pyridine rings is 1. The molecule has 2 aromatic carbocycles. The highest BCUT2D eigenvalue weighted by molar-refractivity contribution is 5.58. The SMILES string of the molecule is Cc1cccnc1C(O)c1cccc(F)c1N1CCN(Cc2ccccc2)CC1. The molecule has 1 aromatic heterocycles. The number of hydrogen-bond acceptors (Lipinski definition) is 4. The van der Waals surface area contributed by atoms with Gasteiger partial charge in [-0.15, -0.1) is 0 Å². The lowest BCUT2D eigenvalue weighted by atomic mass is 9.99. The van der Waals surface area contributed by atoms with Crippen LogP contribution in [0.25, 0.3) is 0 Å². The molecule has 0 spiro atoms. The standard InChI is InChI=1S/C24H26FN3O/c1-18-7-6-12-26-22(18)24(29)20-10-5-11-21(25)23(20)28-15-13-27(14-16-28)17-19-8-3-2-4-9-19/h2-12,24,29H,13-17H2,1H3. The second kappa shape index (κ2) is 8.72. The summed E-state index contributed by atoms with van der Waals surface area (Å²) in [7, 11) is 0. The van der Waals surface area contributed by atoms with Crippen LogP contribution in [0.1, 0.15) is 28.5 Å². The van der Waals surface area contributed by atoms with Gasteiger partial charge in [0.1, 0.15) is 11.9 Å². The first kappa shape index (κ1) is 19.6. The lowest BCUT2D eigenvalue weighted by Gasteiger charge is -2.37. The number of anilines is 1. The minimum absolute atomic E-state index is 0.299. The summed E-state index contributed by atoms with van der Waals surface area (Å²) in [5, 5.41) is 11.0. The van der Waals surface area contributed by atoms with Crippen LogP contribution >= 0.6 is 0 Å². The third kappa shape index (κ3) is 4.31. The second-order valence-electron chi connectivity index (χ2n) is 7.53. The second-order valence-corrected chi connectivity index (χ2v) is 7.53. The van der Waals surface area contributed by atoms with Crippen LogP contribution in [0.2, 0.25) is 0 Å². The molecular weight excluding hydrogens is 365 g/mol. The molecule has 150 valence electrons. The molecule has 29 heavy (non-hydrogen) atoms. The molecule has 3 aromatic rings. The molecule has 4 nitrogen and oxygen atoms in total. The molecule has 4 rings (SSSR count). The van der Waals surface area contributed by atoms with Gasteiger partial charge in [-0.1, -0.05) is 48.5 Å². The van der Waals surface area contributed by atoms with Crippen molar-refractivity contribution in [1.82, 2.24) is 9.88 Å². The molecular formula is C24H26FN3O. The quantitative estimate of drug-likeness (QED) is 0.715. The van der Waals surface area contributed by atoms with E-state index in [-0.39, 0.29) is 5.82 Å². The van der Waals surface area contributed by atoms with Crippen molar-refractivity contribution in [2.45, 2.75) is 19.6 Å². The van der Waals surface area contributed by atoms with E-state index in [2.05, 4.69) is 34.1 Å². The molecule has 1 N–H and O–H groups in total. The van der Waals surface area contributed by atoms with Crippen molar-refractivity contribution in [2.24, 2.45) is 0 Å². The van der Waals surface area contributed by atoms with Crippen molar-refractivity contribution < 1.29 is 9.50 Å². The minimum Gasteiger partial charge on any atom is -0.382 e. The number of piperazine rings is 1. The Hall–Kier alpha value is -2.76. The fraction of sp³-hybridized carbons (Fsp3) is 0.292. The Labute approximate surface area is 171 Å². The van der Waals surface area contributed by atoms with Crippen LogP contribution in [-0.2, 0) is 6.54 Å². The van der Waals surface area contributed by atoms with E-state index in [0.717, 1.165) is 25.2 Å². The number of hydrogen-bond donors (Lipinski definition) is 1. The Morgan fingerprint density at radius 3 is 2.45 bits per heavy atom. The molecule has 0 aliphatic carbocycles. The smallest absolute Gasteiger partial charge is 0.146 e. The van der Waals surface area contributed by atoms with Crippen molar-refractivity contribution in [3.8, 4) is 0 Å². The van der Waals surface area contributed by atoms with E-state index >= 15 is 0 Å². The van der Waals surface area contributed by atoms with Gasteiger partial charge in [-0.3, -0.25) is 9.88 Å². The first-order valence-electron chi connectivity index (χ1n) is 10.0. The molecule has 5 heteroatoms. The molecule has 1 aliphatic rings. The van der Waals surface area contributed by atoms with Gasteiger partial charge < -0.3 is 10.0 Å². The fourth-order valence-electron chi connectivity index (χ4n) is 3.99. The highest BCUT2D eigenvalue weighted by atomic mass is 19.1. The Morgan fingerprint density at radius 2 is 1.72 bits per heavy atom. The zero-order valence-corrected chi connectivity index (χ0v) is 16.6. The van der Waals surface area contributed by atoms with E-state index in [4.69, 9.17) is 0 Å². The summed E-state index contributed by atoms with van der Waals surface area (Å²) in [6.07, 6.45) is 0.705. The van der Waals surface area contributed by atoms with Gasteiger partial charge in [0.25, 0.3) is 0 Å². The average Bonchev–Trinajstić information content (AvgIpc) is 2.75. The van der Waals surface area contributed by atoms with Gasteiger partial charge in [-0.05, 0) is 30.2 Å². The van der Waals surface area contributed by atoms with E-state index in [1.54, 1.807) is 18.3 Å². The Balaban J connectivity index is 1.53. The number of aliphatic hydroxyl groups is 1. The van der Waals surface area contributed by atoms with Crippen molar-refractivity contribution in [3.63, 3.8) is 0 Å². The summed E-state index contributed by atoms with van der Waals surface area (Å²) in [5.41, 5.74) is 3.81. The zero-order valence-electron chi connectivity index (χ0n) is 16.6. The number of aryl methyl sites for hydroxylation is 1. The molecule has 1 unspecified atom stereocenters. The van der Waals surface area contributed by atoms with Crippen LogP contribution in [-0.4, -0.2) is 41.2 Å². The number of benzene rings is 2. The zero-order chi connectivity index (χ0) is 20.2. The number of para-hydroxylation sites is 1. The number of rotatable bonds is 5. The predicted molar refractivity (Wildman–Crippen MR) is 113 cm³/mol. The summed E-state index contributed by atoms with van der Waals surface area (Å²) in [6.45, 7) is 5.94.